The molecule has 4 rings (SSSR count). The third-order valence-corrected chi connectivity index (χ3v) is 6.81. The zero-order chi connectivity index (χ0) is 19.0. The van der Waals surface area contributed by atoms with Crippen LogP contribution in [0.5, 0.6) is 0 Å². The molecule has 0 saturated carbocycles. The van der Waals surface area contributed by atoms with Gasteiger partial charge < -0.3 is 10.2 Å². The molecule has 0 saturated heterocycles. The van der Waals surface area contributed by atoms with E-state index in [1.165, 1.54) is 35.1 Å². The molecule has 2 aromatic heterocycles. The summed E-state index contributed by atoms with van der Waals surface area (Å²) in [5, 5.41) is 5.66. The summed E-state index contributed by atoms with van der Waals surface area (Å²) in [6, 6.07) is 8.23. The summed E-state index contributed by atoms with van der Waals surface area (Å²) in [5.41, 5.74) is 2.59. The minimum Gasteiger partial charge on any atom is -0.367 e. The fourth-order valence-corrected chi connectivity index (χ4v) is 5.47. The summed E-state index contributed by atoms with van der Waals surface area (Å²) >= 11 is 8.31. The first-order chi connectivity index (χ1) is 13.0. The molecule has 4 nitrogen and oxygen atoms in total. The van der Waals surface area contributed by atoms with Crippen LogP contribution < -0.4 is 5.32 Å². The van der Waals surface area contributed by atoms with Gasteiger partial charge in [-0.15, -0.1) is 11.3 Å². The van der Waals surface area contributed by atoms with E-state index in [0.29, 0.717) is 0 Å². The number of benzene rings is 1. The van der Waals surface area contributed by atoms with Crippen molar-refractivity contribution < 1.29 is 0 Å². The van der Waals surface area contributed by atoms with Gasteiger partial charge in [0.2, 0.25) is 0 Å². The van der Waals surface area contributed by atoms with Crippen LogP contribution in [-0.4, -0.2) is 35.5 Å². The second-order valence-electron chi connectivity index (χ2n) is 7.39. The normalized spacial score (nSPS) is 15.1. The largest absolute Gasteiger partial charge is 0.367 e. The van der Waals surface area contributed by atoms with E-state index < -0.39 is 0 Å². The molecule has 142 valence electrons. The fraction of sp³-hybridized carbons (Fsp3) is 0.429. The van der Waals surface area contributed by atoms with Crippen molar-refractivity contribution in [2.75, 3.05) is 26.0 Å². The van der Waals surface area contributed by atoms with Crippen LogP contribution in [0.2, 0.25) is 5.02 Å². The maximum Gasteiger partial charge on any atom is 0.138 e. The van der Waals surface area contributed by atoms with Gasteiger partial charge in [0.1, 0.15) is 16.5 Å². The van der Waals surface area contributed by atoms with Crippen LogP contribution in [0.1, 0.15) is 40.7 Å². The number of rotatable bonds is 5. The first-order valence-corrected chi connectivity index (χ1v) is 10.7. The second kappa shape index (κ2) is 7.74. The molecule has 0 radical (unpaired) electrons. The van der Waals surface area contributed by atoms with Crippen molar-refractivity contribution in [1.29, 1.82) is 0 Å². The number of nitrogens with one attached hydrogen (secondary N) is 1. The zero-order valence-electron chi connectivity index (χ0n) is 16.1. The van der Waals surface area contributed by atoms with E-state index >= 15 is 0 Å². The van der Waals surface area contributed by atoms with Gasteiger partial charge in [0, 0.05) is 16.4 Å². The van der Waals surface area contributed by atoms with Gasteiger partial charge in [0.05, 0.1) is 11.4 Å². The summed E-state index contributed by atoms with van der Waals surface area (Å²) in [7, 11) is 4.17. The minimum atomic E-state index is 0.165. The number of hydrogen-bond acceptors (Lipinski definition) is 5. The quantitative estimate of drug-likeness (QED) is 0.635. The Labute approximate surface area is 169 Å². The van der Waals surface area contributed by atoms with E-state index in [4.69, 9.17) is 21.6 Å². The number of anilines is 1. The van der Waals surface area contributed by atoms with Crippen molar-refractivity contribution in [3.05, 3.63) is 51.1 Å². The average molecular weight is 401 g/mol. The van der Waals surface area contributed by atoms with Crippen molar-refractivity contribution in [2.24, 2.45) is 0 Å². The Morgan fingerprint density at radius 1 is 1.19 bits per heavy atom. The highest BCUT2D eigenvalue weighted by Crippen LogP contribution is 2.39. The summed E-state index contributed by atoms with van der Waals surface area (Å²) < 4.78 is 0. The van der Waals surface area contributed by atoms with Gasteiger partial charge in [-0.25, -0.2) is 9.97 Å². The van der Waals surface area contributed by atoms with Gasteiger partial charge in [0.25, 0.3) is 0 Å². The topological polar surface area (TPSA) is 41.1 Å². The Morgan fingerprint density at radius 3 is 2.74 bits per heavy atom. The molecule has 0 fully saturated rings. The van der Waals surface area contributed by atoms with E-state index in [9.17, 15) is 0 Å². The Hall–Kier alpha value is -1.69. The molecule has 0 aliphatic heterocycles. The molecule has 0 amide bonds. The summed E-state index contributed by atoms with van der Waals surface area (Å²) in [6.07, 6.45) is 4.85. The van der Waals surface area contributed by atoms with Crippen molar-refractivity contribution in [2.45, 2.75) is 38.6 Å². The number of fused-ring (bicyclic) bond motifs is 3. The molecule has 27 heavy (non-hydrogen) atoms. The number of hydrogen-bond donors (Lipinski definition) is 1. The van der Waals surface area contributed by atoms with E-state index in [2.05, 4.69) is 30.4 Å². The lowest BCUT2D eigenvalue weighted by atomic mass is 9.97. The first kappa shape index (κ1) is 18.7. The summed E-state index contributed by atoms with van der Waals surface area (Å²) in [6.45, 7) is 2.72. The van der Waals surface area contributed by atoms with Gasteiger partial charge in [-0.05, 0) is 63.9 Å². The molecule has 1 N–H and O–H groups in total. The van der Waals surface area contributed by atoms with Crippen LogP contribution in [0, 0.1) is 6.92 Å². The van der Waals surface area contributed by atoms with Crippen molar-refractivity contribution in [1.82, 2.24) is 14.9 Å². The smallest absolute Gasteiger partial charge is 0.138 e. The lowest BCUT2D eigenvalue weighted by molar-refractivity contribution is 0.312. The molecule has 1 aliphatic rings. The van der Waals surface area contributed by atoms with Gasteiger partial charge in [-0.2, -0.15) is 0 Å². The van der Waals surface area contributed by atoms with Gasteiger partial charge in [0.15, 0.2) is 0 Å². The van der Waals surface area contributed by atoms with Gasteiger partial charge in [-0.3, -0.25) is 0 Å². The molecule has 0 bridgehead atoms. The molecular weight excluding hydrogens is 376 g/mol. The SMILES string of the molecule is Cc1nc(NCC(c2ccccc2Cl)N(C)C)c2c3c(sc2n1)CCCC3. The minimum absolute atomic E-state index is 0.165. The first-order valence-electron chi connectivity index (χ1n) is 9.48. The van der Waals surface area contributed by atoms with Crippen LogP contribution in [0.3, 0.4) is 0 Å². The standard InChI is InChI=1S/C21H25ClN4S/c1-13-24-20(19-15-9-5-7-11-18(15)27-21(19)25-13)23-12-17(26(2)3)14-8-4-6-10-16(14)22/h4,6,8,10,17H,5,7,9,11-12H2,1-3H3,(H,23,24,25). The van der Waals surface area contributed by atoms with Crippen LogP contribution in [0.4, 0.5) is 5.82 Å². The highest BCUT2D eigenvalue weighted by atomic mass is 35.5. The number of likely N-dealkylation sites (N-methyl/N-ethyl adjacent to an activating group) is 1. The maximum absolute atomic E-state index is 6.46. The molecule has 1 aliphatic carbocycles. The van der Waals surface area contributed by atoms with E-state index in [0.717, 1.165) is 40.0 Å². The van der Waals surface area contributed by atoms with Crippen molar-refractivity contribution in [3.63, 3.8) is 0 Å². The van der Waals surface area contributed by atoms with Gasteiger partial charge in [-0.1, -0.05) is 29.8 Å². The lowest BCUT2D eigenvalue weighted by Crippen LogP contribution is -2.27. The molecule has 1 atom stereocenters. The van der Waals surface area contributed by atoms with Crippen LogP contribution in [0.15, 0.2) is 24.3 Å². The molecular formula is C21H25ClN4S. The number of thiophene rings is 1. The number of aromatic nitrogens is 2. The maximum atomic E-state index is 6.46. The van der Waals surface area contributed by atoms with E-state index in [1.54, 1.807) is 0 Å². The van der Waals surface area contributed by atoms with E-state index in [-0.39, 0.29) is 6.04 Å². The van der Waals surface area contributed by atoms with Crippen LogP contribution in [-0.2, 0) is 12.8 Å². The third kappa shape index (κ3) is 3.68. The van der Waals surface area contributed by atoms with Crippen molar-refractivity contribution in [3.8, 4) is 0 Å². The Morgan fingerprint density at radius 2 is 1.96 bits per heavy atom. The second-order valence-corrected chi connectivity index (χ2v) is 8.88. The Balaban J connectivity index is 1.68. The molecule has 3 aromatic rings. The van der Waals surface area contributed by atoms with Crippen LogP contribution in [0.25, 0.3) is 10.2 Å². The summed E-state index contributed by atoms with van der Waals surface area (Å²) in [5.74, 6) is 1.79. The number of aryl methyl sites for hydroxylation is 3. The molecule has 1 aromatic carbocycles. The van der Waals surface area contributed by atoms with Gasteiger partial charge >= 0.3 is 0 Å². The van der Waals surface area contributed by atoms with Crippen LogP contribution >= 0.6 is 22.9 Å². The molecule has 1 unspecified atom stereocenters. The Bertz CT molecular complexity index is 966. The molecule has 0 spiro atoms. The van der Waals surface area contributed by atoms with Crippen molar-refractivity contribution >= 4 is 39.0 Å². The summed E-state index contributed by atoms with van der Waals surface area (Å²) in [4.78, 5) is 14.3. The van der Waals surface area contributed by atoms with E-state index in [1.807, 2.05) is 36.5 Å². The monoisotopic (exact) mass is 400 g/mol. The molecule has 6 heteroatoms. The fourth-order valence-electron chi connectivity index (χ4n) is 3.90. The molecule has 2 heterocycles. The number of halogens is 1. The zero-order valence-corrected chi connectivity index (χ0v) is 17.6. The highest BCUT2D eigenvalue weighted by Gasteiger charge is 2.22. The number of nitrogens with zero attached hydrogens (tertiary/aromatic N) is 3. The lowest BCUT2D eigenvalue weighted by Gasteiger charge is -2.26. The highest BCUT2D eigenvalue weighted by molar-refractivity contribution is 7.19. The predicted octanol–water partition coefficient (Wildman–Crippen LogP) is 5.25. The predicted molar refractivity (Wildman–Crippen MR) is 115 cm³/mol. The third-order valence-electron chi connectivity index (χ3n) is 5.28. The Kier molecular flexibility index (Phi) is 5.35. The average Bonchev–Trinajstić information content (AvgIpc) is 3.01.